The van der Waals surface area contributed by atoms with Gasteiger partial charge in [-0.3, -0.25) is 9.59 Å². The Kier molecular flexibility index (Phi) is 6.09. The van der Waals surface area contributed by atoms with Crippen molar-refractivity contribution in [3.05, 3.63) is 32.8 Å². The van der Waals surface area contributed by atoms with E-state index < -0.39 is 0 Å². The van der Waals surface area contributed by atoms with E-state index in [0.29, 0.717) is 43.1 Å². The Balaban J connectivity index is 1.20. The van der Waals surface area contributed by atoms with Crippen LogP contribution in [0.2, 0.25) is 0 Å². The molecule has 2 amide bonds. The Bertz CT molecular complexity index is 1150. The van der Waals surface area contributed by atoms with Crippen LogP contribution in [0.5, 0.6) is 0 Å². The first-order valence-corrected chi connectivity index (χ1v) is 13.5. The second-order valence-corrected chi connectivity index (χ2v) is 11.3. The number of hydrogen-bond donors (Lipinski definition) is 1. The van der Waals surface area contributed by atoms with Crippen molar-refractivity contribution in [3.8, 4) is 0 Å². The molecule has 0 radical (unpaired) electrons. The summed E-state index contributed by atoms with van der Waals surface area (Å²) in [5.41, 5.74) is 7.63. The third kappa shape index (κ3) is 4.23. The van der Waals surface area contributed by atoms with Gasteiger partial charge in [0.25, 0.3) is 5.91 Å². The van der Waals surface area contributed by atoms with Crippen LogP contribution in [0.15, 0.2) is 22.7 Å². The number of piperazine rings is 1. The normalized spacial score (nSPS) is 18.7. The summed E-state index contributed by atoms with van der Waals surface area (Å²) in [5, 5.41) is 3.48. The molecule has 7 nitrogen and oxygen atoms in total. The van der Waals surface area contributed by atoms with E-state index in [0.717, 1.165) is 27.9 Å². The second-order valence-electron chi connectivity index (χ2n) is 8.36. The van der Waals surface area contributed by atoms with Crippen LogP contribution < -0.4 is 5.73 Å². The van der Waals surface area contributed by atoms with Gasteiger partial charge in [-0.25, -0.2) is 9.97 Å². The van der Waals surface area contributed by atoms with Gasteiger partial charge in [0.15, 0.2) is 5.16 Å². The average molecular weight is 488 g/mol. The molecule has 2 aliphatic rings. The molecule has 1 aliphatic carbocycles. The zero-order chi connectivity index (χ0) is 22.2. The molecule has 3 aromatic heterocycles. The fourth-order valence-corrected chi connectivity index (χ4v) is 7.24. The van der Waals surface area contributed by atoms with Gasteiger partial charge in [-0.15, -0.1) is 22.7 Å². The average Bonchev–Trinajstić information content (AvgIpc) is 3.45. The Labute approximate surface area is 199 Å². The first-order chi connectivity index (χ1) is 15.5. The standard InChI is InChI=1S/C22H25N5O2S3/c1-13-4-5-14-16(11-13)32-20-18(14)19(23)24-22(25-20)31-12-17(28)26-6-8-27(9-7-26)21(29)15-3-2-10-30-15/h2-3,10,13H,4-9,11-12H2,1H3,(H2,23,24,25). The molecule has 0 saturated carbocycles. The summed E-state index contributed by atoms with van der Waals surface area (Å²) in [6.07, 6.45) is 3.29. The minimum Gasteiger partial charge on any atom is -0.383 e. The molecule has 32 heavy (non-hydrogen) atoms. The van der Waals surface area contributed by atoms with Gasteiger partial charge in [-0.2, -0.15) is 0 Å². The lowest BCUT2D eigenvalue weighted by atomic mass is 9.89. The molecular weight excluding hydrogens is 462 g/mol. The number of carbonyl (C=O) groups is 2. The number of aryl methyl sites for hydroxylation is 1. The monoisotopic (exact) mass is 487 g/mol. The number of nitrogens with zero attached hydrogens (tertiary/aromatic N) is 4. The molecule has 1 saturated heterocycles. The predicted octanol–water partition coefficient (Wildman–Crippen LogP) is 3.54. The third-order valence-electron chi connectivity index (χ3n) is 6.14. The van der Waals surface area contributed by atoms with Crippen molar-refractivity contribution in [2.45, 2.75) is 31.3 Å². The molecule has 1 aliphatic heterocycles. The number of thiophene rings is 2. The summed E-state index contributed by atoms with van der Waals surface area (Å²) in [7, 11) is 0. The number of nitrogen functional groups attached to an aromatic ring is 1. The van der Waals surface area contributed by atoms with Crippen molar-refractivity contribution < 1.29 is 9.59 Å². The minimum absolute atomic E-state index is 0.0415. The Morgan fingerprint density at radius 1 is 1.22 bits per heavy atom. The molecule has 5 rings (SSSR count). The fourth-order valence-electron chi connectivity index (χ4n) is 4.35. The molecule has 1 atom stereocenters. The van der Waals surface area contributed by atoms with E-state index in [9.17, 15) is 9.59 Å². The maximum Gasteiger partial charge on any atom is 0.264 e. The first-order valence-electron chi connectivity index (χ1n) is 10.8. The number of hydrogen-bond acceptors (Lipinski definition) is 8. The Morgan fingerprint density at radius 2 is 2.00 bits per heavy atom. The van der Waals surface area contributed by atoms with Gasteiger partial charge in [0, 0.05) is 31.1 Å². The number of fused-ring (bicyclic) bond motifs is 3. The summed E-state index contributed by atoms with van der Waals surface area (Å²) >= 11 is 4.51. The quantitative estimate of drug-likeness (QED) is 0.447. The van der Waals surface area contributed by atoms with Crippen LogP contribution in [-0.2, 0) is 17.6 Å². The highest BCUT2D eigenvalue weighted by atomic mass is 32.2. The topological polar surface area (TPSA) is 92.4 Å². The highest BCUT2D eigenvalue weighted by Gasteiger charge is 2.26. The molecule has 0 bridgehead atoms. The zero-order valence-corrected chi connectivity index (χ0v) is 20.3. The van der Waals surface area contributed by atoms with Crippen LogP contribution >= 0.6 is 34.4 Å². The van der Waals surface area contributed by atoms with Gasteiger partial charge in [0.2, 0.25) is 5.91 Å². The summed E-state index contributed by atoms with van der Waals surface area (Å²) in [4.78, 5) is 41.1. The highest BCUT2D eigenvalue weighted by molar-refractivity contribution is 7.99. The van der Waals surface area contributed by atoms with Gasteiger partial charge < -0.3 is 15.5 Å². The van der Waals surface area contributed by atoms with E-state index in [2.05, 4.69) is 11.9 Å². The summed E-state index contributed by atoms with van der Waals surface area (Å²) in [5.74, 6) is 1.58. The van der Waals surface area contributed by atoms with Crippen LogP contribution in [0.4, 0.5) is 5.82 Å². The van der Waals surface area contributed by atoms with Crippen molar-refractivity contribution in [1.29, 1.82) is 0 Å². The molecule has 0 spiro atoms. The van der Waals surface area contributed by atoms with E-state index in [-0.39, 0.29) is 17.6 Å². The third-order valence-corrected chi connectivity index (χ3v) is 8.98. The molecule has 3 aromatic rings. The molecule has 4 heterocycles. The van der Waals surface area contributed by atoms with Crippen LogP contribution in [0.25, 0.3) is 10.2 Å². The lowest BCUT2D eigenvalue weighted by molar-refractivity contribution is -0.129. The molecule has 10 heteroatoms. The van der Waals surface area contributed by atoms with Gasteiger partial charge in [-0.1, -0.05) is 24.8 Å². The zero-order valence-electron chi connectivity index (χ0n) is 17.9. The smallest absolute Gasteiger partial charge is 0.264 e. The van der Waals surface area contributed by atoms with Crippen molar-refractivity contribution >= 4 is 62.3 Å². The maximum absolute atomic E-state index is 12.7. The lowest BCUT2D eigenvalue weighted by Gasteiger charge is -2.34. The number of thioether (sulfide) groups is 1. The molecule has 0 aromatic carbocycles. The van der Waals surface area contributed by atoms with Gasteiger partial charge in [0.05, 0.1) is 16.0 Å². The van der Waals surface area contributed by atoms with Crippen molar-refractivity contribution in [1.82, 2.24) is 19.8 Å². The Morgan fingerprint density at radius 3 is 2.75 bits per heavy atom. The largest absolute Gasteiger partial charge is 0.383 e. The summed E-state index contributed by atoms with van der Waals surface area (Å²) in [6, 6.07) is 3.72. The molecule has 1 fully saturated rings. The van der Waals surface area contributed by atoms with Crippen LogP contribution in [0, 0.1) is 5.92 Å². The van der Waals surface area contributed by atoms with Crippen molar-refractivity contribution in [2.75, 3.05) is 37.7 Å². The van der Waals surface area contributed by atoms with E-state index in [1.807, 2.05) is 27.3 Å². The van der Waals surface area contributed by atoms with E-state index >= 15 is 0 Å². The van der Waals surface area contributed by atoms with Gasteiger partial charge in [-0.05, 0) is 42.2 Å². The number of anilines is 1. The maximum atomic E-state index is 12.7. The minimum atomic E-state index is 0.0415. The van der Waals surface area contributed by atoms with Gasteiger partial charge in [0.1, 0.15) is 10.6 Å². The van der Waals surface area contributed by atoms with E-state index in [1.165, 1.54) is 40.0 Å². The fraction of sp³-hybridized carbons (Fsp3) is 0.455. The second kappa shape index (κ2) is 8.99. The molecular formula is C22H25N5O2S3. The molecule has 168 valence electrons. The number of carbonyl (C=O) groups excluding carboxylic acids is 2. The SMILES string of the molecule is CC1CCc2c(sc3nc(SCC(=O)N4CCN(C(=O)c5cccs5)CC4)nc(N)c23)C1. The number of nitrogens with two attached hydrogens (primary N) is 1. The molecule has 1 unspecified atom stereocenters. The predicted molar refractivity (Wildman–Crippen MR) is 131 cm³/mol. The van der Waals surface area contributed by atoms with Crippen molar-refractivity contribution in [3.63, 3.8) is 0 Å². The molecule has 2 N–H and O–H groups in total. The van der Waals surface area contributed by atoms with Crippen LogP contribution in [-0.4, -0.2) is 63.5 Å². The van der Waals surface area contributed by atoms with Gasteiger partial charge >= 0.3 is 0 Å². The van der Waals surface area contributed by atoms with Crippen LogP contribution in [0.1, 0.15) is 33.5 Å². The number of aromatic nitrogens is 2. The first kappa shape index (κ1) is 21.7. The number of amides is 2. The summed E-state index contributed by atoms with van der Waals surface area (Å²) in [6.45, 7) is 4.50. The van der Waals surface area contributed by atoms with Crippen LogP contribution in [0.3, 0.4) is 0 Å². The number of rotatable bonds is 4. The lowest BCUT2D eigenvalue weighted by Crippen LogP contribution is -2.51. The van der Waals surface area contributed by atoms with E-state index in [4.69, 9.17) is 10.7 Å². The Hall–Kier alpha value is -2.17. The van der Waals surface area contributed by atoms with Crippen molar-refractivity contribution in [2.24, 2.45) is 5.92 Å². The highest BCUT2D eigenvalue weighted by Crippen LogP contribution is 2.39. The summed E-state index contributed by atoms with van der Waals surface area (Å²) < 4.78 is 0. The van der Waals surface area contributed by atoms with E-state index in [1.54, 1.807) is 11.3 Å².